The van der Waals surface area contributed by atoms with Gasteiger partial charge in [0.05, 0.1) is 6.54 Å². The summed E-state index contributed by atoms with van der Waals surface area (Å²) in [6.45, 7) is 1.58. The van der Waals surface area contributed by atoms with Gasteiger partial charge in [-0.2, -0.15) is 0 Å². The molecule has 2 N–H and O–H groups in total. The topological polar surface area (TPSA) is 75.4 Å². The molecule has 0 aliphatic rings. The summed E-state index contributed by atoms with van der Waals surface area (Å²) in [5.41, 5.74) is 0. The molecule has 0 amide bonds. The van der Waals surface area contributed by atoms with Crippen molar-refractivity contribution in [1.29, 1.82) is 0 Å². The third-order valence-corrected chi connectivity index (χ3v) is 0.734. The smallest absolute Gasteiger partial charge is 0.373 e. The third kappa shape index (κ3) is 7.38. The minimum atomic E-state index is -0.662. The van der Waals surface area contributed by atoms with Gasteiger partial charge >= 0.3 is 7.05 Å². The van der Waals surface area contributed by atoms with Gasteiger partial charge in [0.2, 0.25) is 6.54 Å². The predicted octanol–water partition coefficient (Wildman–Crippen LogP) is -1.04. The van der Waals surface area contributed by atoms with Crippen molar-refractivity contribution in [2.75, 3.05) is 13.1 Å². The molecule has 0 rings (SSSR count). The molecule has 0 aromatic heterocycles. The van der Waals surface area contributed by atoms with Crippen molar-refractivity contribution in [3.63, 3.8) is 0 Å². The van der Waals surface area contributed by atoms with E-state index in [1.807, 2.05) is 0 Å². The van der Waals surface area contributed by atoms with Crippen LogP contribution in [0.1, 0.15) is 0 Å². The number of nitro groups is 1. The van der Waals surface area contributed by atoms with Gasteiger partial charge < -0.3 is 10.3 Å². The van der Waals surface area contributed by atoms with Crippen molar-refractivity contribution in [3.05, 3.63) is 10.1 Å². The third-order valence-electron chi connectivity index (χ3n) is 0.734. The molecule has 0 aliphatic carbocycles. The molecular formula is C3H9BN2O3. The molecule has 6 heteroatoms. The Kier molecular flexibility index (Phi) is 3.99. The lowest BCUT2D eigenvalue weighted by atomic mass is 9.89. The average Bonchev–Trinajstić information content (AvgIpc) is 1.63. The lowest BCUT2D eigenvalue weighted by molar-refractivity contribution is -0.477. The molecule has 0 aromatic carbocycles. The average molecular weight is 132 g/mol. The van der Waals surface area contributed by atoms with Crippen LogP contribution in [-0.2, 0) is 0 Å². The summed E-state index contributed by atoms with van der Waals surface area (Å²) < 4.78 is 0. The molecule has 0 unspecified atom stereocenters. The maximum Gasteiger partial charge on any atom is 0.373 e. The van der Waals surface area contributed by atoms with Gasteiger partial charge in [0.15, 0.2) is 0 Å². The first-order chi connectivity index (χ1) is 4.13. The summed E-state index contributed by atoms with van der Waals surface area (Å²) in [5.74, 6) is 0. The highest BCUT2D eigenvalue weighted by Gasteiger charge is 2.02. The molecule has 0 bridgehead atoms. The summed E-state index contributed by atoms with van der Waals surface area (Å²) in [6, 6.07) is 0. The van der Waals surface area contributed by atoms with Crippen molar-refractivity contribution in [2.24, 2.45) is 0 Å². The molecule has 0 saturated heterocycles. The quantitative estimate of drug-likeness (QED) is 0.291. The van der Waals surface area contributed by atoms with Gasteiger partial charge in [-0.1, -0.05) is 0 Å². The van der Waals surface area contributed by atoms with E-state index in [1.165, 1.54) is 6.82 Å². The maximum absolute atomic E-state index is 9.66. The van der Waals surface area contributed by atoms with Gasteiger partial charge in [-0.3, -0.25) is 10.1 Å². The Balaban J connectivity index is 3.01. The van der Waals surface area contributed by atoms with Crippen LogP contribution < -0.4 is 5.23 Å². The molecule has 0 aromatic rings. The van der Waals surface area contributed by atoms with Crippen molar-refractivity contribution in [2.45, 2.75) is 6.82 Å². The van der Waals surface area contributed by atoms with E-state index in [0.717, 1.165) is 0 Å². The summed E-state index contributed by atoms with van der Waals surface area (Å²) in [6.07, 6.45) is 0. The zero-order chi connectivity index (χ0) is 7.28. The Hall–Kier alpha value is -0.615. The lowest BCUT2D eigenvalue weighted by Crippen LogP contribution is -2.34. The lowest BCUT2D eigenvalue weighted by Gasteiger charge is -1.97. The van der Waals surface area contributed by atoms with E-state index >= 15 is 0 Å². The molecule has 0 atom stereocenters. The van der Waals surface area contributed by atoms with Gasteiger partial charge in [-0.15, -0.1) is 0 Å². The molecule has 0 heterocycles. The van der Waals surface area contributed by atoms with E-state index in [-0.39, 0.29) is 13.1 Å². The van der Waals surface area contributed by atoms with Crippen LogP contribution in [0.15, 0.2) is 0 Å². The maximum atomic E-state index is 9.66. The number of nitrogens with one attached hydrogen (secondary N) is 1. The normalized spacial score (nSPS) is 9.11. The second kappa shape index (κ2) is 4.28. The second-order valence-electron chi connectivity index (χ2n) is 1.69. The summed E-state index contributed by atoms with van der Waals surface area (Å²) in [4.78, 5) is 9.23. The SMILES string of the molecule is CB(O)NCC[N+](=O)[O-]. The zero-order valence-corrected chi connectivity index (χ0v) is 5.20. The fraction of sp³-hybridized carbons (Fsp3) is 1.00. The Morgan fingerprint density at radius 3 is 2.78 bits per heavy atom. The van der Waals surface area contributed by atoms with Crippen molar-refractivity contribution in [3.8, 4) is 0 Å². The Labute approximate surface area is 53.3 Å². The highest BCUT2D eigenvalue weighted by Crippen LogP contribution is 1.67. The van der Waals surface area contributed by atoms with E-state index in [4.69, 9.17) is 5.02 Å². The number of hydrogen-bond acceptors (Lipinski definition) is 4. The van der Waals surface area contributed by atoms with Crippen LogP contribution in [0.5, 0.6) is 0 Å². The first-order valence-corrected chi connectivity index (χ1v) is 2.66. The van der Waals surface area contributed by atoms with E-state index < -0.39 is 12.0 Å². The molecule has 52 valence electrons. The molecule has 5 nitrogen and oxygen atoms in total. The van der Waals surface area contributed by atoms with Crippen molar-refractivity contribution < 1.29 is 9.95 Å². The van der Waals surface area contributed by atoms with Crippen LogP contribution in [0.25, 0.3) is 0 Å². The van der Waals surface area contributed by atoms with Crippen molar-refractivity contribution in [1.82, 2.24) is 5.23 Å². The summed E-state index contributed by atoms with van der Waals surface area (Å²) in [5, 5.41) is 20.7. The number of rotatable bonds is 4. The van der Waals surface area contributed by atoms with E-state index in [1.54, 1.807) is 0 Å². The molecule has 9 heavy (non-hydrogen) atoms. The van der Waals surface area contributed by atoms with Crippen LogP contribution in [0.2, 0.25) is 6.82 Å². The first-order valence-electron chi connectivity index (χ1n) is 2.66. The van der Waals surface area contributed by atoms with Crippen LogP contribution in [0.3, 0.4) is 0 Å². The van der Waals surface area contributed by atoms with Gasteiger partial charge in [0.25, 0.3) is 0 Å². The predicted molar refractivity (Wildman–Crippen MR) is 33.7 cm³/mol. The largest absolute Gasteiger partial charge is 0.437 e. The minimum Gasteiger partial charge on any atom is -0.437 e. The van der Waals surface area contributed by atoms with Gasteiger partial charge in [-0.25, -0.2) is 0 Å². The summed E-state index contributed by atoms with van der Waals surface area (Å²) in [7, 11) is -0.662. The Bertz CT molecular complexity index is 97.1. The Morgan fingerprint density at radius 1 is 1.89 bits per heavy atom. The highest BCUT2D eigenvalue weighted by atomic mass is 16.6. The molecule has 0 radical (unpaired) electrons. The minimum absolute atomic E-state index is 0.148. The van der Waals surface area contributed by atoms with E-state index in [2.05, 4.69) is 5.23 Å². The van der Waals surface area contributed by atoms with E-state index in [9.17, 15) is 10.1 Å². The zero-order valence-electron chi connectivity index (χ0n) is 5.20. The first kappa shape index (κ1) is 8.38. The highest BCUT2D eigenvalue weighted by molar-refractivity contribution is 6.45. The van der Waals surface area contributed by atoms with Gasteiger partial charge in [0.1, 0.15) is 0 Å². The van der Waals surface area contributed by atoms with Crippen LogP contribution >= 0.6 is 0 Å². The summed E-state index contributed by atoms with van der Waals surface area (Å²) >= 11 is 0. The molecule has 0 fully saturated rings. The van der Waals surface area contributed by atoms with Gasteiger partial charge in [-0.05, 0) is 6.82 Å². The van der Waals surface area contributed by atoms with Gasteiger partial charge in [0, 0.05) is 4.92 Å². The fourth-order valence-electron chi connectivity index (χ4n) is 0.365. The second-order valence-corrected chi connectivity index (χ2v) is 1.69. The molecule has 0 spiro atoms. The van der Waals surface area contributed by atoms with E-state index in [0.29, 0.717) is 0 Å². The molecule has 0 aliphatic heterocycles. The van der Waals surface area contributed by atoms with Crippen LogP contribution in [0.4, 0.5) is 0 Å². The Morgan fingerprint density at radius 2 is 2.44 bits per heavy atom. The fourth-order valence-corrected chi connectivity index (χ4v) is 0.365. The van der Waals surface area contributed by atoms with Crippen molar-refractivity contribution >= 4 is 7.05 Å². The standard InChI is InChI=1S/C3H9BN2O3/c1-4(7)5-2-3-6(8)9/h5,7H,2-3H2,1H3. The van der Waals surface area contributed by atoms with Crippen LogP contribution in [-0.4, -0.2) is 30.1 Å². The molecular weight excluding hydrogens is 123 g/mol. The monoisotopic (exact) mass is 132 g/mol. The molecule has 0 saturated carbocycles. The number of hydrogen-bond donors (Lipinski definition) is 2. The van der Waals surface area contributed by atoms with Crippen LogP contribution in [0, 0.1) is 10.1 Å². The number of nitrogens with zero attached hydrogens (tertiary/aromatic N) is 1.